The number of benzene rings is 1. The molecule has 1 rings (SSSR count). The third kappa shape index (κ3) is 8.60. The van der Waals surface area contributed by atoms with Gasteiger partial charge >= 0.3 is 0 Å². The Morgan fingerprint density at radius 2 is 1.77 bits per heavy atom. The zero-order valence-corrected chi connectivity index (χ0v) is 8.29. The van der Waals surface area contributed by atoms with Gasteiger partial charge in [-0.2, -0.15) is 0 Å². The molecule has 0 unspecified atom stereocenters. The molecular formula is C11H17NO. The summed E-state index contributed by atoms with van der Waals surface area (Å²) in [6, 6.07) is 10.6. The summed E-state index contributed by atoms with van der Waals surface area (Å²) in [6.45, 7) is 3.51. The van der Waals surface area contributed by atoms with E-state index in [4.69, 9.17) is 0 Å². The second-order valence-corrected chi connectivity index (χ2v) is 2.85. The minimum absolute atomic E-state index is 0.333. The molecule has 0 bridgehead atoms. The van der Waals surface area contributed by atoms with Gasteiger partial charge in [0.15, 0.2) is 0 Å². The Labute approximate surface area is 79.8 Å². The highest BCUT2D eigenvalue weighted by molar-refractivity contribution is 5.70. The summed E-state index contributed by atoms with van der Waals surface area (Å²) in [6.07, 6.45) is 2.45. The van der Waals surface area contributed by atoms with Crippen molar-refractivity contribution in [2.45, 2.75) is 26.7 Å². The fraction of sp³-hybridized carbons (Fsp3) is 0.364. The standard InChI is InChI=1S/C9H12.C2H5NO/c1-2-6-9-7-4-3-5-8-9;1-2(3)4/h3-5,7-8H,2,6H2,1H3;1H3,(H2,3,4). The monoisotopic (exact) mass is 179 g/mol. The van der Waals surface area contributed by atoms with Crippen LogP contribution in [0.5, 0.6) is 0 Å². The minimum atomic E-state index is -0.333. The lowest BCUT2D eigenvalue weighted by Crippen LogP contribution is -2.01. The highest BCUT2D eigenvalue weighted by atomic mass is 16.1. The van der Waals surface area contributed by atoms with Crippen molar-refractivity contribution in [2.24, 2.45) is 5.73 Å². The molecule has 2 N–H and O–H groups in total. The Hall–Kier alpha value is -1.31. The molecule has 1 aromatic rings. The largest absolute Gasteiger partial charge is 0.370 e. The molecule has 0 fully saturated rings. The van der Waals surface area contributed by atoms with E-state index in [1.807, 2.05) is 0 Å². The van der Waals surface area contributed by atoms with Crippen LogP contribution in [0.15, 0.2) is 30.3 Å². The van der Waals surface area contributed by atoms with E-state index >= 15 is 0 Å². The molecule has 0 aliphatic rings. The number of nitrogens with two attached hydrogens (primary N) is 1. The van der Waals surface area contributed by atoms with Gasteiger partial charge < -0.3 is 5.73 Å². The van der Waals surface area contributed by atoms with Gasteiger partial charge in [0.25, 0.3) is 0 Å². The second-order valence-electron chi connectivity index (χ2n) is 2.85. The molecule has 0 saturated heterocycles. The Balaban J connectivity index is 0.000000310. The SMILES string of the molecule is CC(N)=O.CCCc1ccccc1. The lowest BCUT2D eigenvalue weighted by atomic mass is 10.1. The molecule has 0 spiro atoms. The quantitative estimate of drug-likeness (QED) is 0.742. The van der Waals surface area contributed by atoms with E-state index in [-0.39, 0.29) is 5.91 Å². The van der Waals surface area contributed by atoms with Crippen molar-refractivity contribution >= 4 is 5.91 Å². The maximum atomic E-state index is 9.22. The molecular weight excluding hydrogens is 162 g/mol. The van der Waals surface area contributed by atoms with E-state index in [0.29, 0.717) is 0 Å². The first-order valence-electron chi connectivity index (χ1n) is 4.46. The molecule has 2 nitrogen and oxygen atoms in total. The molecule has 1 aromatic carbocycles. The van der Waals surface area contributed by atoms with Crippen LogP contribution in [0.4, 0.5) is 0 Å². The molecule has 0 saturated carbocycles. The van der Waals surface area contributed by atoms with Crippen LogP contribution in [0, 0.1) is 0 Å². The van der Waals surface area contributed by atoms with Crippen LogP contribution >= 0.6 is 0 Å². The van der Waals surface area contributed by atoms with Crippen LogP contribution in [0.1, 0.15) is 25.8 Å². The summed E-state index contributed by atoms with van der Waals surface area (Å²) in [4.78, 5) is 9.22. The smallest absolute Gasteiger partial charge is 0.214 e. The van der Waals surface area contributed by atoms with E-state index in [1.165, 1.54) is 25.3 Å². The molecule has 2 heteroatoms. The van der Waals surface area contributed by atoms with Crippen LogP contribution in [0.25, 0.3) is 0 Å². The first-order valence-corrected chi connectivity index (χ1v) is 4.46. The fourth-order valence-electron chi connectivity index (χ4n) is 0.933. The van der Waals surface area contributed by atoms with Gasteiger partial charge in [0.2, 0.25) is 5.91 Å². The zero-order valence-electron chi connectivity index (χ0n) is 8.29. The van der Waals surface area contributed by atoms with E-state index < -0.39 is 0 Å². The summed E-state index contributed by atoms with van der Waals surface area (Å²) < 4.78 is 0. The van der Waals surface area contributed by atoms with Crippen LogP contribution in [-0.4, -0.2) is 5.91 Å². The molecule has 13 heavy (non-hydrogen) atoms. The minimum Gasteiger partial charge on any atom is -0.370 e. The number of primary amides is 1. The third-order valence-electron chi connectivity index (χ3n) is 1.38. The lowest BCUT2D eigenvalue weighted by molar-refractivity contribution is -0.115. The van der Waals surface area contributed by atoms with Gasteiger partial charge in [-0.15, -0.1) is 0 Å². The summed E-state index contributed by atoms with van der Waals surface area (Å²) in [7, 11) is 0. The zero-order chi connectivity index (χ0) is 10.1. The summed E-state index contributed by atoms with van der Waals surface area (Å²) in [5, 5.41) is 0. The highest BCUT2D eigenvalue weighted by Crippen LogP contribution is 2.00. The van der Waals surface area contributed by atoms with Crippen molar-refractivity contribution in [1.29, 1.82) is 0 Å². The molecule has 0 atom stereocenters. The van der Waals surface area contributed by atoms with Crippen molar-refractivity contribution in [3.8, 4) is 0 Å². The van der Waals surface area contributed by atoms with Crippen LogP contribution in [0.2, 0.25) is 0 Å². The van der Waals surface area contributed by atoms with Crippen molar-refractivity contribution in [2.75, 3.05) is 0 Å². The number of aryl methyl sites for hydroxylation is 1. The lowest BCUT2D eigenvalue weighted by Gasteiger charge is -1.93. The van der Waals surface area contributed by atoms with Crippen molar-refractivity contribution in [3.63, 3.8) is 0 Å². The molecule has 0 radical (unpaired) electrons. The number of carbonyl (C=O) groups excluding carboxylic acids is 1. The van der Waals surface area contributed by atoms with Crippen molar-refractivity contribution in [3.05, 3.63) is 35.9 Å². The molecule has 1 amide bonds. The van der Waals surface area contributed by atoms with Gasteiger partial charge in [-0.05, 0) is 12.0 Å². The van der Waals surface area contributed by atoms with Crippen molar-refractivity contribution < 1.29 is 4.79 Å². The number of hydrogen-bond donors (Lipinski definition) is 1. The topological polar surface area (TPSA) is 43.1 Å². The molecule has 0 aliphatic heterocycles. The Morgan fingerprint density at radius 3 is 2.15 bits per heavy atom. The number of amides is 1. The highest BCUT2D eigenvalue weighted by Gasteiger charge is 1.84. The van der Waals surface area contributed by atoms with Gasteiger partial charge in [-0.1, -0.05) is 43.7 Å². The van der Waals surface area contributed by atoms with Gasteiger partial charge in [0.05, 0.1) is 0 Å². The van der Waals surface area contributed by atoms with Gasteiger partial charge in [0, 0.05) is 6.92 Å². The van der Waals surface area contributed by atoms with Gasteiger partial charge in [-0.25, -0.2) is 0 Å². The maximum absolute atomic E-state index is 9.22. The molecule has 0 aliphatic carbocycles. The predicted octanol–water partition coefficient (Wildman–Crippen LogP) is 2.13. The van der Waals surface area contributed by atoms with Gasteiger partial charge in [0.1, 0.15) is 0 Å². The fourth-order valence-corrected chi connectivity index (χ4v) is 0.933. The molecule has 72 valence electrons. The van der Waals surface area contributed by atoms with E-state index in [9.17, 15) is 4.79 Å². The molecule has 0 aromatic heterocycles. The first kappa shape index (κ1) is 11.7. The van der Waals surface area contributed by atoms with E-state index in [0.717, 1.165) is 0 Å². The Bertz CT molecular complexity index is 227. The summed E-state index contributed by atoms with van der Waals surface area (Å²) in [5.74, 6) is -0.333. The average Bonchev–Trinajstić information content (AvgIpc) is 2.06. The Morgan fingerprint density at radius 1 is 1.31 bits per heavy atom. The average molecular weight is 179 g/mol. The number of rotatable bonds is 2. The van der Waals surface area contributed by atoms with Crippen LogP contribution < -0.4 is 5.73 Å². The van der Waals surface area contributed by atoms with Crippen LogP contribution in [0.3, 0.4) is 0 Å². The maximum Gasteiger partial charge on any atom is 0.214 e. The predicted molar refractivity (Wildman–Crippen MR) is 55.3 cm³/mol. The number of hydrogen-bond acceptors (Lipinski definition) is 1. The molecule has 0 heterocycles. The second kappa shape index (κ2) is 7.35. The Kier molecular flexibility index (Phi) is 6.60. The van der Waals surface area contributed by atoms with Gasteiger partial charge in [-0.3, -0.25) is 4.79 Å². The summed E-state index contributed by atoms with van der Waals surface area (Å²) >= 11 is 0. The first-order chi connectivity index (χ1) is 6.16. The normalized spacial score (nSPS) is 8.46. The van der Waals surface area contributed by atoms with E-state index in [2.05, 4.69) is 43.0 Å². The van der Waals surface area contributed by atoms with Crippen LogP contribution in [-0.2, 0) is 11.2 Å². The van der Waals surface area contributed by atoms with E-state index in [1.54, 1.807) is 0 Å². The third-order valence-corrected chi connectivity index (χ3v) is 1.38. The number of carbonyl (C=O) groups is 1. The van der Waals surface area contributed by atoms with Crippen molar-refractivity contribution in [1.82, 2.24) is 0 Å². The summed E-state index contributed by atoms with van der Waals surface area (Å²) in [5.41, 5.74) is 5.92.